The van der Waals surface area contributed by atoms with Gasteiger partial charge in [0.1, 0.15) is 5.82 Å². The van der Waals surface area contributed by atoms with Crippen LogP contribution >= 0.6 is 11.6 Å². The maximum atomic E-state index is 13.6. The quantitative estimate of drug-likeness (QED) is 0.424. The van der Waals surface area contributed by atoms with Gasteiger partial charge < -0.3 is 10.2 Å². The van der Waals surface area contributed by atoms with Gasteiger partial charge >= 0.3 is 6.03 Å². The molecule has 7 heteroatoms. The second kappa shape index (κ2) is 10.8. The maximum Gasteiger partial charge on any atom is 0.322 e. The molecule has 2 unspecified atom stereocenters. The Labute approximate surface area is 219 Å². The number of hydrogen-bond acceptors (Lipinski definition) is 3. The molecule has 4 rings (SSSR count). The van der Waals surface area contributed by atoms with Gasteiger partial charge in [0.25, 0.3) is 0 Å². The van der Waals surface area contributed by atoms with Crippen LogP contribution in [0.4, 0.5) is 14.9 Å². The Balaban J connectivity index is 1.51. The van der Waals surface area contributed by atoms with Crippen LogP contribution in [-0.4, -0.2) is 47.0 Å². The molecule has 0 saturated heterocycles. The van der Waals surface area contributed by atoms with E-state index >= 15 is 0 Å². The number of fused-ring (bicyclic) bond motifs is 1. The lowest BCUT2D eigenvalue weighted by molar-refractivity contribution is 0.120. The number of rotatable bonds is 8. The fraction of sp³-hybridized carbons (Fsp3) is 0.517. The van der Waals surface area contributed by atoms with E-state index in [2.05, 4.69) is 50.0 Å². The number of halogens is 2. The molecule has 2 amide bonds. The number of carbonyl (C=O) groups is 1. The summed E-state index contributed by atoms with van der Waals surface area (Å²) < 4.78 is 13.6. The van der Waals surface area contributed by atoms with Crippen LogP contribution in [0, 0.1) is 23.1 Å². The Morgan fingerprint density at radius 1 is 1.19 bits per heavy atom. The molecular formula is C29H36ClFN4O. The number of nitriles is 1. The van der Waals surface area contributed by atoms with Crippen molar-refractivity contribution in [1.82, 2.24) is 9.80 Å². The van der Waals surface area contributed by atoms with Gasteiger partial charge in [-0.05, 0) is 101 Å². The first-order valence-corrected chi connectivity index (χ1v) is 13.3. The first-order chi connectivity index (χ1) is 17.1. The van der Waals surface area contributed by atoms with E-state index in [9.17, 15) is 14.4 Å². The fourth-order valence-corrected chi connectivity index (χ4v) is 6.28. The molecule has 2 fully saturated rings. The van der Waals surface area contributed by atoms with E-state index in [1.807, 2.05) is 23.1 Å². The van der Waals surface area contributed by atoms with E-state index in [4.69, 9.17) is 11.6 Å². The van der Waals surface area contributed by atoms with Crippen LogP contribution in [0.15, 0.2) is 42.5 Å². The number of carbonyl (C=O) groups excluding carboxylic acids is 1. The third kappa shape index (κ3) is 5.53. The lowest BCUT2D eigenvalue weighted by atomic mass is 9.80. The first kappa shape index (κ1) is 26.4. The molecule has 0 spiro atoms. The topological polar surface area (TPSA) is 59.4 Å². The van der Waals surface area contributed by atoms with Crippen LogP contribution in [-0.2, 0) is 5.41 Å². The highest BCUT2D eigenvalue weighted by Crippen LogP contribution is 2.62. The summed E-state index contributed by atoms with van der Waals surface area (Å²) in [6.07, 6.45) is 3.96. The van der Waals surface area contributed by atoms with Gasteiger partial charge in [0, 0.05) is 36.9 Å². The van der Waals surface area contributed by atoms with E-state index in [-0.39, 0.29) is 22.5 Å². The molecule has 2 saturated carbocycles. The monoisotopic (exact) mass is 510 g/mol. The Kier molecular flexibility index (Phi) is 7.92. The molecule has 0 heterocycles. The Bertz CT molecular complexity index is 1140. The van der Waals surface area contributed by atoms with Gasteiger partial charge in [-0.2, -0.15) is 5.26 Å². The maximum absolute atomic E-state index is 13.6. The normalized spacial score (nSPS) is 22.9. The molecule has 3 atom stereocenters. The van der Waals surface area contributed by atoms with Crippen LogP contribution in [0.5, 0.6) is 0 Å². The summed E-state index contributed by atoms with van der Waals surface area (Å²) in [5, 5.41) is 12.3. The van der Waals surface area contributed by atoms with Gasteiger partial charge in [0.15, 0.2) is 0 Å². The summed E-state index contributed by atoms with van der Waals surface area (Å²) in [7, 11) is 0. The predicted octanol–water partition coefficient (Wildman–Crippen LogP) is 6.81. The summed E-state index contributed by atoms with van der Waals surface area (Å²) in [6, 6.07) is 15.2. The van der Waals surface area contributed by atoms with Gasteiger partial charge in [0.05, 0.1) is 16.7 Å². The summed E-state index contributed by atoms with van der Waals surface area (Å²) in [4.78, 5) is 17.9. The van der Waals surface area contributed by atoms with E-state index < -0.39 is 5.82 Å². The molecule has 0 bridgehead atoms. The summed E-state index contributed by atoms with van der Waals surface area (Å²) in [5.41, 5.74) is 2.59. The molecule has 5 nitrogen and oxygen atoms in total. The second-order valence-electron chi connectivity index (χ2n) is 10.9. The van der Waals surface area contributed by atoms with Crippen LogP contribution in [0.2, 0.25) is 5.02 Å². The van der Waals surface area contributed by atoms with Gasteiger partial charge in [0.2, 0.25) is 0 Å². The highest BCUT2D eigenvalue weighted by Gasteiger charge is 2.58. The molecule has 0 aliphatic heterocycles. The van der Waals surface area contributed by atoms with Gasteiger partial charge in [-0.25, -0.2) is 9.18 Å². The Morgan fingerprint density at radius 3 is 2.58 bits per heavy atom. The van der Waals surface area contributed by atoms with Crippen LogP contribution < -0.4 is 5.32 Å². The van der Waals surface area contributed by atoms with Crippen molar-refractivity contribution in [2.24, 2.45) is 5.92 Å². The lowest BCUT2D eigenvalue weighted by Crippen LogP contribution is -2.50. The molecule has 0 radical (unpaired) electrons. The standard InChI is InChI=1S/C29H36ClFN4O/c1-19(2)34(20(3)4)12-13-35(28(36)33-24-8-9-27(31)26(30)16-24)25-10-11-29(17-23(29)15-25)22-7-5-6-21(14-22)18-32/h5-9,14,16,19-20,23,25H,10-13,15,17H2,1-4H3,(H,33,36)/t23?,25?,29-/m1/s1. The average molecular weight is 511 g/mol. The third-order valence-corrected chi connectivity index (χ3v) is 8.37. The molecule has 2 aromatic carbocycles. The van der Waals surface area contributed by atoms with Gasteiger partial charge in [-0.3, -0.25) is 4.90 Å². The molecule has 1 N–H and O–H groups in total. The predicted molar refractivity (Wildman–Crippen MR) is 143 cm³/mol. The number of hydrogen-bond donors (Lipinski definition) is 1. The van der Waals surface area contributed by atoms with E-state index in [0.29, 0.717) is 35.8 Å². The minimum atomic E-state index is -0.506. The van der Waals surface area contributed by atoms with Crippen molar-refractivity contribution in [3.8, 4) is 6.07 Å². The number of anilines is 1. The SMILES string of the molecule is CC(C)N(CCN(C(=O)Nc1ccc(F)c(Cl)c1)C1CC[C@]2(c3cccc(C#N)c3)CC2C1)C(C)C. The van der Waals surface area contributed by atoms with Crippen molar-refractivity contribution in [2.45, 2.75) is 76.9 Å². The zero-order valence-corrected chi connectivity index (χ0v) is 22.4. The van der Waals surface area contributed by atoms with Crippen molar-refractivity contribution in [2.75, 3.05) is 18.4 Å². The van der Waals surface area contributed by atoms with Crippen LogP contribution in [0.25, 0.3) is 0 Å². The number of urea groups is 1. The van der Waals surface area contributed by atoms with E-state index in [1.165, 1.54) is 17.7 Å². The van der Waals surface area contributed by atoms with Crippen molar-refractivity contribution >= 4 is 23.3 Å². The number of nitrogens with one attached hydrogen (secondary N) is 1. The lowest BCUT2D eigenvalue weighted by Gasteiger charge is -2.39. The molecule has 192 valence electrons. The summed E-state index contributed by atoms with van der Waals surface area (Å²) in [6.45, 7) is 10.1. The van der Waals surface area contributed by atoms with Gasteiger partial charge in [-0.15, -0.1) is 0 Å². The number of benzene rings is 2. The Morgan fingerprint density at radius 2 is 1.94 bits per heavy atom. The largest absolute Gasteiger partial charge is 0.322 e. The fourth-order valence-electron chi connectivity index (χ4n) is 6.10. The van der Waals surface area contributed by atoms with Crippen molar-refractivity contribution < 1.29 is 9.18 Å². The molecular weight excluding hydrogens is 475 g/mol. The second-order valence-corrected chi connectivity index (χ2v) is 11.3. The smallest absolute Gasteiger partial charge is 0.320 e. The number of nitrogens with zero attached hydrogens (tertiary/aromatic N) is 3. The molecule has 2 aromatic rings. The van der Waals surface area contributed by atoms with Crippen molar-refractivity contribution in [1.29, 1.82) is 5.26 Å². The number of amides is 2. The molecule has 2 aliphatic rings. The van der Waals surface area contributed by atoms with Crippen molar-refractivity contribution in [3.05, 3.63) is 64.4 Å². The van der Waals surface area contributed by atoms with E-state index in [0.717, 1.165) is 32.2 Å². The molecule has 2 aliphatic carbocycles. The van der Waals surface area contributed by atoms with E-state index in [1.54, 1.807) is 6.07 Å². The zero-order valence-electron chi connectivity index (χ0n) is 21.6. The Hall–Kier alpha value is -2.62. The zero-order chi connectivity index (χ0) is 26.0. The van der Waals surface area contributed by atoms with Crippen LogP contribution in [0.3, 0.4) is 0 Å². The highest BCUT2D eigenvalue weighted by molar-refractivity contribution is 6.31. The summed E-state index contributed by atoms with van der Waals surface area (Å²) in [5.74, 6) is 0.000843. The molecule has 36 heavy (non-hydrogen) atoms. The minimum absolute atomic E-state index is 0.00910. The highest BCUT2D eigenvalue weighted by atomic mass is 35.5. The average Bonchev–Trinajstić information content (AvgIpc) is 3.59. The van der Waals surface area contributed by atoms with Crippen molar-refractivity contribution in [3.63, 3.8) is 0 Å². The third-order valence-electron chi connectivity index (χ3n) is 8.08. The summed E-state index contributed by atoms with van der Waals surface area (Å²) >= 11 is 5.95. The first-order valence-electron chi connectivity index (χ1n) is 12.9. The van der Waals surface area contributed by atoms with Crippen LogP contribution in [0.1, 0.15) is 64.5 Å². The molecule has 0 aromatic heterocycles. The van der Waals surface area contributed by atoms with Gasteiger partial charge in [-0.1, -0.05) is 23.7 Å². The minimum Gasteiger partial charge on any atom is -0.320 e.